The maximum absolute atomic E-state index is 12.8. The Labute approximate surface area is 160 Å². The molecule has 1 aromatic heterocycles. The van der Waals surface area contributed by atoms with E-state index >= 15 is 0 Å². The number of ether oxygens (including phenoxy) is 1. The topological polar surface area (TPSA) is 49.9 Å². The zero-order valence-corrected chi connectivity index (χ0v) is 16.7. The van der Waals surface area contributed by atoms with E-state index in [0.717, 1.165) is 45.3 Å². The highest BCUT2D eigenvalue weighted by molar-refractivity contribution is 7.10. The van der Waals surface area contributed by atoms with Gasteiger partial charge < -0.3 is 9.64 Å². The summed E-state index contributed by atoms with van der Waals surface area (Å²) in [6.07, 6.45) is 3.37. The molecule has 3 rings (SSSR count). The van der Waals surface area contributed by atoms with Crippen LogP contribution in [0.25, 0.3) is 0 Å². The van der Waals surface area contributed by atoms with Crippen molar-refractivity contribution in [3.63, 3.8) is 0 Å². The first-order valence-electron chi connectivity index (χ1n) is 9.79. The molecule has 2 aliphatic rings. The second-order valence-electron chi connectivity index (χ2n) is 7.43. The Hall–Kier alpha value is -1.40. The average molecular weight is 379 g/mol. The van der Waals surface area contributed by atoms with Crippen molar-refractivity contribution in [1.82, 2.24) is 9.80 Å². The summed E-state index contributed by atoms with van der Waals surface area (Å²) in [7, 11) is 0. The number of carbonyl (C=O) groups is 2. The summed E-state index contributed by atoms with van der Waals surface area (Å²) in [6.45, 7) is 8.81. The van der Waals surface area contributed by atoms with E-state index in [-0.39, 0.29) is 17.8 Å². The lowest BCUT2D eigenvalue weighted by Gasteiger charge is -2.36. The van der Waals surface area contributed by atoms with Crippen LogP contribution in [-0.2, 0) is 20.9 Å². The number of amides is 1. The summed E-state index contributed by atoms with van der Waals surface area (Å²) in [4.78, 5) is 30.5. The molecule has 0 bridgehead atoms. The van der Waals surface area contributed by atoms with Crippen LogP contribution >= 0.6 is 11.3 Å². The molecule has 6 heteroatoms. The van der Waals surface area contributed by atoms with Crippen LogP contribution < -0.4 is 0 Å². The van der Waals surface area contributed by atoms with Crippen molar-refractivity contribution in [2.45, 2.75) is 46.1 Å². The number of nitrogens with zero attached hydrogens (tertiary/aromatic N) is 2. The van der Waals surface area contributed by atoms with Crippen LogP contribution in [0.4, 0.5) is 0 Å². The van der Waals surface area contributed by atoms with Crippen LogP contribution in [0.15, 0.2) is 11.4 Å². The summed E-state index contributed by atoms with van der Waals surface area (Å²) in [6, 6.07) is 2.18. The molecule has 0 aliphatic carbocycles. The number of aryl methyl sites for hydroxylation is 1. The summed E-state index contributed by atoms with van der Waals surface area (Å²) < 4.78 is 5.11. The van der Waals surface area contributed by atoms with E-state index in [9.17, 15) is 9.59 Å². The Kier molecular flexibility index (Phi) is 6.70. The molecule has 26 heavy (non-hydrogen) atoms. The van der Waals surface area contributed by atoms with Crippen molar-refractivity contribution in [2.24, 2.45) is 11.8 Å². The van der Waals surface area contributed by atoms with Crippen molar-refractivity contribution in [1.29, 1.82) is 0 Å². The van der Waals surface area contributed by atoms with Gasteiger partial charge >= 0.3 is 5.97 Å². The highest BCUT2D eigenvalue weighted by Crippen LogP contribution is 2.26. The van der Waals surface area contributed by atoms with E-state index < -0.39 is 0 Å². The molecule has 0 aromatic carbocycles. The van der Waals surface area contributed by atoms with Gasteiger partial charge in [-0.15, -0.1) is 11.3 Å². The van der Waals surface area contributed by atoms with E-state index in [2.05, 4.69) is 23.3 Å². The third-order valence-corrected chi connectivity index (χ3v) is 6.71. The lowest BCUT2D eigenvalue weighted by molar-refractivity contribution is -0.152. The van der Waals surface area contributed by atoms with Gasteiger partial charge in [0.05, 0.1) is 12.5 Å². The van der Waals surface area contributed by atoms with Crippen LogP contribution in [0.3, 0.4) is 0 Å². The molecule has 0 spiro atoms. The molecule has 0 saturated carbocycles. The zero-order chi connectivity index (χ0) is 18.5. The number of hydrogen-bond donors (Lipinski definition) is 0. The quantitative estimate of drug-likeness (QED) is 0.739. The van der Waals surface area contributed by atoms with E-state index in [0.29, 0.717) is 25.6 Å². The molecule has 144 valence electrons. The van der Waals surface area contributed by atoms with E-state index in [1.807, 2.05) is 23.2 Å². The summed E-state index contributed by atoms with van der Waals surface area (Å²) in [5.74, 6) is 0.306. The molecule has 0 radical (unpaired) electrons. The van der Waals surface area contributed by atoms with Crippen LogP contribution in [0, 0.1) is 18.8 Å². The highest BCUT2D eigenvalue weighted by Gasteiger charge is 2.33. The number of hydrogen-bond acceptors (Lipinski definition) is 5. The summed E-state index contributed by atoms with van der Waals surface area (Å²) >= 11 is 1.82. The van der Waals surface area contributed by atoms with Gasteiger partial charge in [0.2, 0.25) is 5.91 Å². The SMILES string of the molecule is CCOC(=O)C1CCN(C(=O)C2CCN(Cc3sccc3C)CC2)CC1. The molecule has 2 saturated heterocycles. The molecule has 1 aromatic rings. The maximum atomic E-state index is 12.8. The molecular weight excluding hydrogens is 348 g/mol. The fraction of sp³-hybridized carbons (Fsp3) is 0.700. The molecule has 2 aliphatic heterocycles. The number of thiophene rings is 1. The minimum atomic E-state index is -0.100. The van der Waals surface area contributed by atoms with Gasteiger partial charge in [0.1, 0.15) is 0 Å². The first-order valence-corrected chi connectivity index (χ1v) is 10.7. The van der Waals surface area contributed by atoms with Gasteiger partial charge in [0.25, 0.3) is 0 Å². The minimum absolute atomic E-state index is 0.0325. The molecule has 0 N–H and O–H groups in total. The average Bonchev–Trinajstić information content (AvgIpc) is 3.07. The van der Waals surface area contributed by atoms with Gasteiger partial charge in [-0.25, -0.2) is 0 Å². The Morgan fingerprint density at radius 1 is 1.12 bits per heavy atom. The Balaban J connectivity index is 1.43. The fourth-order valence-electron chi connectivity index (χ4n) is 3.96. The number of likely N-dealkylation sites (tertiary alicyclic amines) is 2. The van der Waals surface area contributed by atoms with Gasteiger partial charge in [0.15, 0.2) is 0 Å². The smallest absolute Gasteiger partial charge is 0.309 e. The van der Waals surface area contributed by atoms with Gasteiger partial charge in [-0.3, -0.25) is 14.5 Å². The van der Waals surface area contributed by atoms with Gasteiger partial charge in [-0.05, 0) is 69.6 Å². The molecule has 0 unspecified atom stereocenters. The van der Waals surface area contributed by atoms with Crippen molar-refractivity contribution in [2.75, 3.05) is 32.8 Å². The van der Waals surface area contributed by atoms with Crippen molar-refractivity contribution < 1.29 is 14.3 Å². The largest absolute Gasteiger partial charge is 0.466 e. The van der Waals surface area contributed by atoms with Crippen molar-refractivity contribution in [3.05, 3.63) is 21.9 Å². The Morgan fingerprint density at radius 2 is 1.77 bits per heavy atom. The number of esters is 1. The molecule has 1 amide bonds. The van der Waals surface area contributed by atoms with E-state index in [4.69, 9.17) is 4.74 Å². The molecular formula is C20H30N2O3S. The second kappa shape index (κ2) is 9.00. The maximum Gasteiger partial charge on any atom is 0.309 e. The van der Waals surface area contributed by atoms with Crippen LogP contribution in [0.5, 0.6) is 0 Å². The van der Waals surface area contributed by atoms with Gasteiger partial charge in [-0.1, -0.05) is 0 Å². The van der Waals surface area contributed by atoms with Gasteiger partial charge in [0, 0.05) is 30.4 Å². The lowest BCUT2D eigenvalue weighted by Crippen LogP contribution is -2.46. The first kappa shape index (κ1) is 19.4. The van der Waals surface area contributed by atoms with E-state index in [1.165, 1.54) is 10.4 Å². The molecule has 5 nitrogen and oxygen atoms in total. The minimum Gasteiger partial charge on any atom is -0.466 e. The number of rotatable bonds is 5. The Morgan fingerprint density at radius 3 is 2.35 bits per heavy atom. The Bertz CT molecular complexity index is 614. The monoisotopic (exact) mass is 378 g/mol. The third kappa shape index (κ3) is 4.65. The van der Waals surface area contributed by atoms with Crippen LogP contribution in [0.1, 0.15) is 43.0 Å². The molecule has 0 atom stereocenters. The molecule has 3 heterocycles. The second-order valence-corrected chi connectivity index (χ2v) is 8.43. The predicted molar refractivity (Wildman–Crippen MR) is 103 cm³/mol. The highest BCUT2D eigenvalue weighted by atomic mass is 32.1. The predicted octanol–water partition coefficient (Wildman–Crippen LogP) is 3.07. The number of piperidine rings is 2. The standard InChI is InChI=1S/C20H30N2O3S/c1-3-25-20(24)17-6-11-22(12-7-17)19(23)16-4-9-21(10-5-16)14-18-15(2)8-13-26-18/h8,13,16-17H,3-7,9-12,14H2,1-2H3. The van der Waals surface area contributed by atoms with Gasteiger partial charge in [-0.2, -0.15) is 0 Å². The zero-order valence-electron chi connectivity index (χ0n) is 15.9. The van der Waals surface area contributed by atoms with Crippen molar-refractivity contribution >= 4 is 23.2 Å². The van der Waals surface area contributed by atoms with Crippen LogP contribution in [0.2, 0.25) is 0 Å². The van der Waals surface area contributed by atoms with Crippen LogP contribution in [-0.4, -0.2) is 54.5 Å². The van der Waals surface area contributed by atoms with Crippen molar-refractivity contribution in [3.8, 4) is 0 Å². The lowest BCUT2D eigenvalue weighted by atomic mass is 9.92. The normalized spacial score (nSPS) is 20.3. The van der Waals surface area contributed by atoms with E-state index in [1.54, 1.807) is 0 Å². The summed E-state index contributed by atoms with van der Waals surface area (Å²) in [5.41, 5.74) is 1.37. The number of carbonyl (C=O) groups excluding carboxylic acids is 2. The third-order valence-electron chi connectivity index (χ3n) is 5.70. The summed E-state index contributed by atoms with van der Waals surface area (Å²) in [5, 5.41) is 2.15. The first-order chi connectivity index (χ1) is 12.6. The fourth-order valence-corrected chi connectivity index (χ4v) is 4.91. The molecule has 2 fully saturated rings.